The van der Waals surface area contributed by atoms with Gasteiger partial charge in [-0.2, -0.15) is 0 Å². The van der Waals surface area contributed by atoms with Crippen molar-refractivity contribution in [3.63, 3.8) is 0 Å². The monoisotopic (exact) mass is 486 g/mol. The first-order valence-corrected chi connectivity index (χ1v) is 11.2. The Labute approximate surface area is 200 Å². The highest BCUT2D eigenvalue weighted by atomic mass is 35.5. The van der Waals surface area contributed by atoms with Crippen molar-refractivity contribution in [1.29, 1.82) is 5.41 Å². The lowest BCUT2D eigenvalue weighted by Crippen LogP contribution is -2.50. The van der Waals surface area contributed by atoms with Crippen molar-refractivity contribution < 1.29 is 18.8 Å². The number of rotatable bonds is 8. The highest BCUT2D eigenvalue weighted by molar-refractivity contribution is 6.44. The van der Waals surface area contributed by atoms with Crippen molar-refractivity contribution in [1.82, 2.24) is 15.2 Å². The topological polar surface area (TPSA) is 141 Å². The van der Waals surface area contributed by atoms with E-state index in [-0.39, 0.29) is 46.5 Å². The largest absolute Gasteiger partial charge is 0.374 e. The van der Waals surface area contributed by atoms with Crippen LogP contribution in [0.25, 0.3) is 0 Å². The zero-order valence-electron chi connectivity index (χ0n) is 18.3. The average molecular weight is 487 g/mol. The van der Waals surface area contributed by atoms with Gasteiger partial charge in [-0.1, -0.05) is 23.7 Å². The smallest absolute Gasteiger partial charge is 0.267 e. The Bertz CT molecular complexity index is 1180. The van der Waals surface area contributed by atoms with E-state index in [2.05, 4.69) is 15.6 Å². The predicted molar refractivity (Wildman–Crippen MR) is 124 cm³/mol. The van der Waals surface area contributed by atoms with Gasteiger partial charge in [-0.3, -0.25) is 24.8 Å². The molecule has 3 amide bonds. The summed E-state index contributed by atoms with van der Waals surface area (Å²) in [7, 11) is 0. The summed E-state index contributed by atoms with van der Waals surface area (Å²) in [5, 5.41) is 13.5. The van der Waals surface area contributed by atoms with Gasteiger partial charge in [0.2, 0.25) is 11.8 Å². The third-order valence-electron chi connectivity index (χ3n) is 6.27. The third-order valence-corrected chi connectivity index (χ3v) is 6.56. The summed E-state index contributed by atoms with van der Waals surface area (Å²) in [5.41, 5.74) is 5.62. The molecule has 2 fully saturated rings. The Hall–Kier alpha value is -3.53. The van der Waals surface area contributed by atoms with Crippen LogP contribution in [0.3, 0.4) is 0 Å². The number of nitrogens with one attached hydrogen (secondary N) is 3. The van der Waals surface area contributed by atoms with Crippen LogP contribution in [0.15, 0.2) is 36.7 Å². The summed E-state index contributed by atoms with van der Waals surface area (Å²) in [5.74, 6) is -1.88. The molecule has 11 heteroatoms. The lowest BCUT2D eigenvalue weighted by Gasteiger charge is -2.28. The number of amides is 3. The minimum absolute atomic E-state index is 0.0134. The Morgan fingerprint density at radius 1 is 1.32 bits per heavy atom. The van der Waals surface area contributed by atoms with Crippen LogP contribution in [-0.4, -0.2) is 51.9 Å². The Morgan fingerprint density at radius 3 is 2.82 bits per heavy atom. The molecular formula is C23H24ClFN6O3. The van der Waals surface area contributed by atoms with Crippen LogP contribution in [0.4, 0.5) is 10.1 Å². The van der Waals surface area contributed by atoms with Crippen molar-refractivity contribution in [3.05, 3.63) is 58.6 Å². The minimum atomic E-state index is -0.900. The second-order valence-electron chi connectivity index (χ2n) is 8.50. The maximum absolute atomic E-state index is 14.3. The first-order chi connectivity index (χ1) is 16.2. The summed E-state index contributed by atoms with van der Waals surface area (Å²) >= 11 is 5.85. The van der Waals surface area contributed by atoms with Gasteiger partial charge < -0.3 is 21.3 Å². The van der Waals surface area contributed by atoms with Crippen LogP contribution >= 0.6 is 11.6 Å². The number of nitrogens with two attached hydrogens (primary N) is 1. The normalized spacial score (nSPS) is 21.4. The first kappa shape index (κ1) is 23.6. The van der Waals surface area contributed by atoms with Gasteiger partial charge in [0.05, 0.1) is 29.5 Å². The number of carbonyl (C=O) groups is 3. The third kappa shape index (κ3) is 4.58. The second-order valence-corrected chi connectivity index (χ2v) is 8.91. The van der Waals surface area contributed by atoms with E-state index in [1.54, 1.807) is 24.0 Å². The van der Waals surface area contributed by atoms with Crippen molar-refractivity contribution in [3.8, 4) is 0 Å². The van der Waals surface area contributed by atoms with Gasteiger partial charge in [-0.15, -0.1) is 0 Å². The molecular weight excluding hydrogens is 463 g/mol. The summed E-state index contributed by atoms with van der Waals surface area (Å²) < 4.78 is 14.3. The second kappa shape index (κ2) is 9.38. The number of aromatic nitrogens is 1. The number of pyridine rings is 1. The number of likely N-dealkylation sites (tertiary alicyclic amines) is 1. The molecule has 4 rings (SSSR count). The van der Waals surface area contributed by atoms with E-state index in [4.69, 9.17) is 22.7 Å². The van der Waals surface area contributed by atoms with Crippen LogP contribution in [0, 0.1) is 17.1 Å². The minimum Gasteiger partial charge on any atom is -0.374 e. The van der Waals surface area contributed by atoms with Crippen LogP contribution in [0.5, 0.6) is 0 Å². The molecule has 1 saturated heterocycles. The van der Waals surface area contributed by atoms with Crippen LogP contribution < -0.4 is 16.4 Å². The standard InChI is InChI=1S/C23H24ClFN6O3/c1-11(13-3-2-4-15(24)20(13)25)30-23(34)18-8-12-7-17(12)31(18)19(32)10-29-16-9-28-6-5-14(16)21(26)22(27)33/h2-6,9,11-12,17-18,26,29H,7-8,10H2,1H3,(H2,27,33)(H,30,34)/t11-,12-,17-,18+/m1/s1. The molecule has 4 atom stereocenters. The molecule has 2 aromatic rings. The van der Waals surface area contributed by atoms with Gasteiger partial charge in [0.15, 0.2) is 0 Å². The number of carbonyl (C=O) groups excluding carboxylic acids is 3. The zero-order valence-corrected chi connectivity index (χ0v) is 19.1. The van der Waals surface area contributed by atoms with Crippen molar-refractivity contribution >= 4 is 40.7 Å². The number of piperidine rings is 1. The zero-order chi connectivity index (χ0) is 24.6. The van der Waals surface area contributed by atoms with Gasteiger partial charge in [0, 0.05) is 23.4 Å². The molecule has 1 aliphatic heterocycles. The number of anilines is 1. The number of fused-ring (bicyclic) bond motifs is 1. The number of hydrogen-bond donors (Lipinski definition) is 4. The fourth-order valence-corrected chi connectivity index (χ4v) is 4.62. The van der Waals surface area contributed by atoms with Gasteiger partial charge in [-0.25, -0.2) is 4.39 Å². The Kier molecular flexibility index (Phi) is 6.52. The summed E-state index contributed by atoms with van der Waals surface area (Å²) in [6.45, 7) is 1.50. The molecule has 0 bridgehead atoms. The molecule has 0 spiro atoms. The average Bonchev–Trinajstić information content (AvgIpc) is 3.47. The SMILES string of the molecule is C[C@@H](NC(=O)[C@@H]1C[C@H]2C[C@H]2N1C(=O)CNc1cnccc1C(=N)C(N)=O)c1cccc(Cl)c1F. The van der Waals surface area contributed by atoms with Crippen LogP contribution in [0.1, 0.15) is 36.9 Å². The number of primary amides is 1. The maximum atomic E-state index is 14.3. The fourth-order valence-electron chi connectivity index (χ4n) is 4.44. The van der Waals surface area contributed by atoms with Crippen molar-refractivity contribution in [2.45, 2.75) is 37.9 Å². The number of benzene rings is 1. The molecule has 1 saturated carbocycles. The van der Waals surface area contributed by atoms with E-state index >= 15 is 0 Å². The number of hydrogen-bond acceptors (Lipinski definition) is 6. The molecule has 1 aliphatic carbocycles. The summed E-state index contributed by atoms with van der Waals surface area (Å²) in [6, 6.07) is 4.75. The quantitative estimate of drug-likeness (QED) is 0.422. The van der Waals surface area contributed by atoms with Crippen LogP contribution in [-0.2, 0) is 14.4 Å². The molecule has 1 aromatic heterocycles. The van der Waals surface area contributed by atoms with Gasteiger partial charge in [0.25, 0.3) is 5.91 Å². The fraction of sp³-hybridized carbons (Fsp3) is 0.348. The van der Waals surface area contributed by atoms with Gasteiger partial charge >= 0.3 is 0 Å². The van der Waals surface area contributed by atoms with E-state index in [1.807, 2.05) is 0 Å². The first-order valence-electron chi connectivity index (χ1n) is 10.8. The number of halogens is 2. The summed E-state index contributed by atoms with van der Waals surface area (Å²) in [4.78, 5) is 43.0. The van der Waals surface area contributed by atoms with E-state index in [0.717, 1.165) is 6.42 Å². The Balaban J connectivity index is 1.43. The van der Waals surface area contributed by atoms with Crippen molar-refractivity contribution in [2.24, 2.45) is 11.7 Å². The Morgan fingerprint density at radius 2 is 2.09 bits per heavy atom. The molecule has 5 N–H and O–H groups in total. The van der Waals surface area contributed by atoms with E-state index in [9.17, 15) is 18.8 Å². The predicted octanol–water partition coefficient (Wildman–Crippen LogP) is 2.01. The van der Waals surface area contributed by atoms with Gasteiger partial charge in [0.1, 0.15) is 17.6 Å². The maximum Gasteiger partial charge on any atom is 0.267 e. The molecule has 0 unspecified atom stereocenters. The summed E-state index contributed by atoms with van der Waals surface area (Å²) in [6.07, 6.45) is 4.19. The van der Waals surface area contributed by atoms with Gasteiger partial charge in [-0.05, 0) is 37.8 Å². The van der Waals surface area contributed by atoms with Crippen molar-refractivity contribution in [2.75, 3.05) is 11.9 Å². The highest BCUT2D eigenvalue weighted by Gasteiger charge is 2.56. The molecule has 0 radical (unpaired) electrons. The molecule has 1 aromatic carbocycles. The molecule has 9 nitrogen and oxygen atoms in total. The molecule has 34 heavy (non-hydrogen) atoms. The van der Waals surface area contributed by atoms with E-state index in [1.165, 1.54) is 24.5 Å². The van der Waals surface area contributed by atoms with E-state index < -0.39 is 29.5 Å². The molecule has 178 valence electrons. The molecule has 2 heterocycles. The lowest BCUT2D eigenvalue weighted by molar-refractivity contribution is -0.138. The van der Waals surface area contributed by atoms with E-state index in [0.29, 0.717) is 12.1 Å². The lowest BCUT2D eigenvalue weighted by atomic mass is 10.1. The number of nitrogens with zero attached hydrogens (tertiary/aromatic N) is 2. The highest BCUT2D eigenvalue weighted by Crippen LogP contribution is 2.48. The van der Waals surface area contributed by atoms with Crippen LogP contribution in [0.2, 0.25) is 5.02 Å². The molecule has 2 aliphatic rings.